The number of aromatic nitrogens is 2. The Hall–Kier alpha value is -1.53. The van der Waals surface area contributed by atoms with Crippen LogP contribution in [-0.4, -0.2) is 28.2 Å². The van der Waals surface area contributed by atoms with E-state index in [4.69, 9.17) is 9.84 Å². The second-order valence-corrected chi connectivity index (χ2v) is 3.96. The smallest absolute Gasteiger partial charge is 0.337 e. The largest absolute Gasteiger partial charge is 0.478 e. The van der Waals surface area contributed by atoms with Gasteiger partial charge in [-0.3, -0.25) is 0 Å². The molecule has 0 saturated carbocycles. The molecule has 0 aliphatic carbocycles. The van der Waals surface area contributed by atoms with Gasteiger partial charge in [0.15, 0.2) is 0 Å². The van der Waals surface area contributed by atoms with E-state index in [0.717, 1.165) is 9.84 Å². The van der Waals surface area contributed by atoms with Crippen molar-refractivity contribution in [2.45, 2.75) is 6.61 Å². The number of nitrogens with zero attached hydrogens (tertiary/aromatic N) is 2. The van der Waals surface area contributed by atoms with Crippen molar-refractivity contribution < 1.29 is 14.6 Å². The fourth-order valence-electron chi connectivity index (χ4n) is 1.17. The summed E-state index contributed by atoms with van der Waals surface area (Å²) in [6.07, 6.45) is 1.33. The van der Waals surface area contributed by atoms with Gasteiger partial charge in [-0.25, -0.2) is 14.8 Å². The van der Waals surface area contributed by atoms with E-state index in [1.165, 1.54) is 23.6 Å². The molecule has 2 heterocycles. The van der Waals surface area contributed by atoms with Gasteiger partial charge in [-0.2, -0.15) is 0 Å². The Bertz CT molecular complexity index is 509. The highest BCUT2D eigenvalue weighted by molar-refractivity contribution is 7.18. The van der Waals surface area contributed by atoms with E-state index >= 15 is 0 Å². The van der Waals surface area contributed by atoms with Crippen molar-refractivity contribution in [3.05, 3.63) is 22.8 Å². The zero-order valence-electron chi connectivity index (χ0n) is 7.93. The maximum atomic E-state index is 10.7. The highest BCUT2D eigenvalue weighted by atomic mass is 32.1. The van der Waals surface area contributed by atoms with E-state index in [1.54, 1.807) is 7.11 Å². The average molecular weight is 224 g/mol. The quantitative estimate of drug-likeness (QED) is 0.856. The second kappa shape index (κ2) is 3.92. The van der Waals surface area contributed by atoms with Crippen LogP contribution in [0.4, 0.5) is 0 Å². The molecule has 5 nitrogen and oxygen atoms in total. The van der Waals surface area contributed by atoms with E-state index in [0.29, 0.717) is 12.1 Å². The van der Waals surface area contributed by atoms with Crippen LogP contribution in [-0.2, 0) is 11.3 Å². The van der Waals surface area contributed by atoms with Crippen LogP contribution in [0, 0.1) is 0 Å². The van der Waals surface area contributed by atoms with Gasteiger partial charge in [0.25, 0.3) is 0 Å². The number of carboxylic acid groups (broad SMARTS) is 1. The molecule has 0 saturated heterocycles. The zero-order chi connectivity index (χ0) is 10.8. The SMILES string of the molecule is COCc1nc2cc(C(=O)O)cnc2s1. The fraction of sp³-hybridized carbons (Fsp3) is 0.222. The van der Waals surface area contributed by atoms with Crippen molar-refractivity contribution >= 4 is 27.7 Å². The first kappa shape index (κ1) is 10.0. The molecule has 0 radical (unpaired) electrons. The summed E-state index contributed by atoms with van der Waals surface area (Å²) < 4.78 is 4.94. The number of thiazole rings is 1. The van der Waals surface area contributed by atoms with Crippen LogP contribution >= 0.6 is 11.3 Å². The third-order valence-corrected chi connectivity index (χ3v) is 2.76. The minimum atomic E-state index is -0.995. The first-order valence-corrected chi connectivity index (χ1v) is 5.00. The molecule has 0 fully saturated rings. The summed E-state index contributed by atoms with van der Waals surface area (Å²) in [5.41, 5.74) is 0.753. The molecule has 0 unspecified atom stereocenters. The van der Waals surface area contributed by atoms with Crippen molar-refractivity contribution in [3.63, 3.8) is 0 Å². The Morgan fingerprint density at radius 2 is 2.47 bits per heavy atom. The maximum absolute atomic E-state index is 10.7. The molecule has 2 rings (SSSR count). The predicted molar refractivity (Wildman–Crippen MR) is 55.1 cm³/mol. The molecule has 0 atom stereocenters. The average Bonchev–Trinajstić information content (AvgIpc) is 2.59. The van der Waals surface area contributed by atoms with Crippen LogP contribution in [0.2, 0.25) is 0 Å². The molecular formula is C9H8N2O3S. The van der Waals surface area contributed by atoms with Gasteiger partial charge in [-0.05, 0) is 6.07 Å². The number of carbonyl (C=O) groups is 1. The summed E-state index contributed by atoms with van der Waals surface area (Å²) in [4.78, 5) is 19.7. The number of methoxy groups -OCH3 is 1. The van der Waals surface area contributed by atoms with E-state index in [9.17, 15) is 4.79 Å². The van der Waals surface area contributed by atoms with E-state index in [-0.39, 0.29) is 5.56 Å². The predicted octanol–water partition coefficient (Wildman–Crippen LogP) is 1.54. The summed E-state index contributed by atoms with van der Waals surface area (Å²) in [7, 11) is 1.59. The molecule has 0 bridgehead atoms. The molecule has 0 aliphatic rings. The summed E-state index contributed by atoms with van der Waals surface area (Å²) in [5.74, 6) is -0.995. The lowest BCUT2D eigenvalue weighted by molar-refractivity contribution is 0.0696. The topological polar surface area (TPSA) is 72.3 Å². The van der Waals surface area contributed by atoms with Crippen LogP contribution in [0.5, 0.6) is 0 Å². The molecule has 1 N–H and O–H groups in total. The molecule has 0 aromatic carbocycles. The number of hydrogen-bond donors (Lipinski definition) is 1. The third-order valence-electron chi connectivity index (χ3n) is 1.81. The number of rotatable bonds is 3. The van der Waals surface area contributed by atoms with E-state index < -0.39 is 5.97 Å². The van der Waals surface area contributed by atoms with Crippen LogP contribution in [0.25, 0.3) is 10.3 Å². The number of fused-ring (bicyclic) bond motifs is 1. The molecule has 0 aliphatic heterocycles. The van der Waals surface area contributed by atoms with Crippen LogP contribution < -0.4 is 0 Å². The van der Waals surface area contributed by atoms with Crippen LogP contribution in [0.15, 0.2) is 12.3 Å². The standard InChI is InChI=1S/C9H8N2O3S/c1-14-4-7-11-6-2-5(9(12)13)3-10-8(6)15-7/h2-3H,4H2,1H3,(H,12,13). The molecule has 78 valence electrons. The van der Waals surface area contributed by atoms with Crippen molar-refractivity contribution in [1.29, 1.82) is 0 Å². The Kier molecular flexibility index (Phi) is 2.61. The van der Waals surface area contributed by atoms with Gasteiger partial charge in [-0.1, -0.05) is 11.3 Å². The van der Waals surface area contributed by atoms with Gasteiger partial charge in [0.05, 0.1) is 12.2 Å². The second-order valence-electron chi connectivity index (χ2n) is 2.89. The Morgan fingerprint density at radius 1 is 1.67 bits per heavy atom. The van der Waals surface area contributed by atoms with Gasteiger partial charge >= 0.3 is 5.97 Å². The van der Waals surface area contributed by atoms with Gasteiger partial charge < -0.3 is 9.84 Å². The van der Waals surface area contributed by atoms with E-state index in [2.05, 4.69) is 9.97 Å². The minimum Gasteiger partial charge on any atom is -0.478 e. The monoisotopic (exact) mass is 224 g/mol. The maximum Gasteiger partial charge on any atom is 0.337 e. The first-order chi connectivity index (χ1) is 7.20. The van der Waals surface area contributed by atoms with E-state index in [1.807, 2.05) is 0 Å². The summed E-state index contributed by atoms with van der Waals surface area (Å²) in [6.45, 7) is 0.420. The molecule has 15 heavy (non-hydrogen) atoms. The van der Waals surface area contributed by atoms with Gasteiger partial charge in [-0.15, -0.1) is 0 Å². The molecular weight excluding hydrogens is 216 g/mol. The molecule has 6 heteroatoms. The number of aromatic carboxylic acids is 1. The molecule has 2 aromatic heterocycles. The fourth-order valence-corrected chi connectivity index (χ4v) is 2.03. The van der Waals surface area contributed by atoms with Crippen LogP contribution in [0.3, 0.4) is 0 Å². The summed E-state index contributed by atoms with van der Waals surface area (Å²) in [6, 6.07) is 1.51. The van der Waals surface area contributed by atoms with Gasteiger partial charge in [0.1, 0.15) is 15.4 Å². The number of pyridine rings is 1. The lowest BCUT2D eigenvalue weighted by Crippen LogP contribution is -1.96. The third kappa shape index (κ3) is 1.95. The lowest BCUT2D eigenvalue weighted by Gasteiger charge is -1.91. The van der Waals surface area contributed by atoms with Crippen molar-refractivity contribution in [1.82, 2.24) is 9.97 Å². The minimum absolute atomic E-state index is 0.150. The lowest BCUT2D eigenvalue weighted by atomic mass is 10.3. The van der Waals surface area contributed by atoms with Crippen LogP contribution in [0.1, 0.15) is 15.4 Å². The van der Waals surface area contributed by atoms with Crippen molar-refractivity contribution in [2.24, 2.45) is 0 Å². The normalized spacial score (nSPS) is 10.7. The van der Waals surface area contributed by atoms with Gasteiger partial charge in [0, 0.05) is 13.3 Å². The summed E-state index contributed by atoms with van der Waals surface area (Å²) in [5, 5.41) is 9.56. The Morgan fingerprint density at radius 3 is 3.13 bits per heavy atom. The zero-order valence-corrected chi connectivity index (χ0v) is 8.74. The Balaban J connectivity index is 2.47. The highest BCUT2D eigenvalue weighted by Gasteiger charge is 2.08. The van der Waals surface area contributed by atoms with Gasteiger partial charge in [0.2, 0.25) is 0 Å². The number of ether oxygens (including phenoxy) is 1. The number of carboxylic acids is 1. The molecule has 0 spiro atoms. The van der Waals surface area contributed by atoms with Crippen molar-refractivity contribution in [2.75, 3.05) is 7.11 Å². The molecule has 2 aromatic rings. The summed E-state index contributed by atoms with van der Waals surface area (Å²) >= 11 is 1.40. The van der Waals surface area contributed by atoms with Crippen molar-refractivity contribution in [3.8, 4) is 0 Å². The first-order valence-electron chi connectivity index (χ1n) is 4.18. The Labute approximate surface area is 89.4 Å². The molecule has 0 amide bonds. The highest BCUT2D eigenvalue weighted by Crippen LogP contribution is 2.21. The number of hydrogen-bond acceptors (Lipinski definition) is 5.